The summed E-state index contributed by atoms with van der Waals surface area (Å²) in [5.74, 6) is 0.549. The number of hydrogen-bond acceptors (Lipinski definition) is 3. The molecule has 1 fully saturated rings. The number of aryl methyl sites for hydroxylation is 1. The standard InChI is InChI=1S/C19H20N2O3/c1-13-3-7-16(8-4-13)21-12-15(11-18(21)22)20-19(23)14-5-9-17(24-2)10-6-14/h3-10,15H,11-12H2,1-2H3,(H,20,23). The van der Waals surface area contributed by atoms with Crippen LogP contribution in [0.3, 0.4) is 0 Å². The van der Waals surface area contributed by atoms with E-state index in [1.807, 2.05) is 31.2 Å². The van der Waals surface area contributed by atoms with Crippen LogP contribution >= 0.6 is 0 Å². The molecule has 0 radical (unpaired) electrons. The van der Waals surface area contributed by atoms with Gasteiger partial charge in [-0.1, -0.05) is 17.7 Å². The zero-order chi connectivity index (χ0) is 17.1. The van der Waals surface area contributed by atoms with Gasteiger partial charge in [-0.3, -0.25) is 9.59 Å². The van der Waals surface area contributed by atoms with Gasteiger partial charge in [0, 0.05) is 24.2 Å². The molecule has 1 heterocycles. The summed E-state index contributed by atoms with van der Waals surface area (Å²) in [6, 6.07) is 14.5. The first-order chi connectivity index (χ1) is 11.6. The highest BCUT2D eigenvalue weighted by Crippen LogP contribution is 2.22. The molecule has 2 amide bonds. The van der Waals surface area contributed by atoms with Gasteiger partial charge < -0.3 is 15.0 Å². The minimum Gasteiger partial charge on any atom is -0.497 e. The Labute approximate surface area is 141 Å². The van der Waals surface area contributed by atoms with Crippen LogP contribution in [0.4, 0.5) is 5.69 Å². The zero-order valence-electron chi connectivity index (χ0n) is 13.8. The van der Waals surface area contributed by atoms with Gasteiger partial charge in [-0.2, -0.15) is 0 Å². The molecule has 1 atom stereocenters. The van der Waals surface area contributed by atoms with Gasteiger partial charge in [-0.15, -0.1) is 0 Å². The lowest BCUT2D eigenvalue weighted by atomic mass is 10.2. The molecule has 1 N–H and O–H groups in total. The molecule has 0 aliphatic carbocycles. The third-order valence-corrected chi connectivity index (χ3v) is 4.16. The Morgan fingerprint density at radius 2 is 1.79 bits per heavy atom. The van der Waals surface area contributed by atoms with E-state index >= 15 is 0 Å². The van der Waals surface area contributed by atoms with E-state index in [1.54, 1.807) is 36.3 Å². The van der Waals surface area contributed by atoms with E-state index in [4.69, 9.17) is 4.74 Å². The summed E-state index contributed by atoms with van der Waals surface area (Å²) in [7, 11) is 1.58. The monoisotopic (exact) mass is 324 g/mol. The molecule has 24 heavy (non-hydrogen) atoms. The first-order valence-electron chi connectivity index (χ1n) is 7.89. The van der Waals surface area contributed by atoms with Crippen LogP contribution in [0.1, 0.15) is 22.3 Å². The molecule has 1 unspecified atom stereocenters. The molecule has 0 spiro atoms. The van der Waals surface area contributed by atoms with Crippen LogP contribution in [-0.4, -0.2) is 31.5 Å². The van der Waals surface area contributed by atoms with Crippen LogP contribution < -0.4 is 15.0 Å². The molecule has 124 valence electrons. The quantitative estimate of drug-likeness (QED) is 0.940. The Balaban J connectivity index is 1.65. The fourth-order valence-electron chi connectivity index (χ4n) is 2.79. The maximum Gasteiger partial charge on any atom is 0.251 e. The molecular formula is C19H20N2O3. The Hall–Kier alpha value is -2.82. The number of rotatable bonds is 4. The number of carbonyl (C=O) groups is 2. The van der Waals surface area contributed by atoms with Gasteiger partial charge in [0.25, 0.3) is 5.91 Å². The smallest absolute Gasteiger partial charge is 0.251 e. The van der Waals surface area contributed by atoms with E-state index < -0.39 is 0 Å². The van der Waals surface area contributed by atoms with Crippen molar-refractivity contribution in [2.24, 2.45) is 0 Å². The van der Waals surface area contributed by atoms with Gasteiger partial charge in [-0.25, -0.2) is 0 Å². The summed E-state index contributed by atoms with van der Waals surface area (Å²) < 4.78 is 5.08. The molecule has 3 rings (SSSR count). The third kappa shape index (κ3) is 3.40. The number of benzene rings is 2. The van der Waals surface area contributed by atoms with Crippen molar-refractivity contribution in [1.29, 1.82) is 0 Å². The minimum absolute atomic E-state index is 0.0267. The number of methoxy groups -OCH3 is 1. The molecule has 1 saturated heterocycles. The van der Waals surface area contributed by atoms with E-state index in [2.05, 4.69) is 5.32 Å². The Kier molecular flexibility index (Phi) is 4.51. The van der Waals surface area contributed by atoms with Crippen LogP contribution in [0.2, 0.25) is 0 Å². The average molecular weight is 324 g/mol. The largest absolute Gasteiger partial charge is 0.497 e. The summed E-state index contributed by atoms with van der Waals surface area (Å²) in [5, 5.41) is 2.93. The predicted octanol–water partition coefficient (Wildman–Crippen LogP) is 2.54. The molecule has 1 aliphatic rings. The second-order valence-corrected chi connectivity index (χ2v) is 5.94. The van der Waals surface area contributed by atoms with E-state index in [-0.39, 0.29) is 17.9 Å². The van der Waals surface area contributed by atoms with E-state index in [1.165, 1.54) is 0 Å². The van der Waals surface area contributed by atoms with Crippen molar-refractivity contribution in [3.05, 3.63) is 59.7 Å². The molecule has 1 aliphatic heterocycles. The number of amides is 2. The molecular weight excluding hydrogens is 304 g/mol. The number of anilines is 1. The lowest BCUT2D eigenvalue weighted by molar-refractivity contribution is -0.117. The van der Waals surface area contributed by atoms with Gasteiger partial charge in [0.05, 0.1) is 13.2 Å². The van der Waals surface area contributed by atoms with E-state index in [0.29, 0.717) is 24.3 Å². The summed E-state index contributed by atoms with van der Waals surface area (Å²) >= 11 is 0. The van der Waals surface area contributed by atoms with Crippen molar-refractivity contribution >= 4 is 17.5 Å². The molecule has 0 saturated carbocycles. The normalized spacial score (nSPS) is 17.0. The highest BCUT2D eigenvalue weighted by Gasteiger charge is 2.31. The number of carbonyl (C=O) groups excluding carboxylic acids is 2. The summed E-state index contributed by atoms with van der Waals surface area (Å²) in [6.07, 6.45) is 0.315. The van der Waals surface area contributed by atoms with Gasteiger partial charge in [0.2, 0.25) is 5.91 Å². The topological polar surface area (TPSA) is 58.6 Å². The van der Waals surface area contributed by atoms with Gasteiger partial charge >= 0.3 is 0 Å². The van der Waals surface area contributed by atoms with Crippen molar-refractivity contribution in [2.45, 2.75) is 19.4 Å². The Morgan fingerprint density at radius 1 is 1.12 bits per heavy atom. The summed E-state index contributed by atoms with van der Waals surface area (Å²) in [4.78, 5) is 26.3. The molecule has 2 aromatic rings. The molecule has 2 aromatic carbocycles. The molecule has 0 aromatic heterocycles. The predicted molar refractivity (Wildman–Crippen MR) is 92.4 cm³/mol. The SMILES string of the molecule is COc1ccc(C(=O)NC2CC(=O)N(c3ccc(C)cc3)C2)cc1. The average Bonchev–Trinajstić information content (AvgIpc) is 2.96. The number of nitrogens with one attached hydrogen (secondary N) is 1. The van der Waals surface area contributed by atoms with Crippen LogP contribution in [-0.2, 0) is 4.79 Å². The number of nitrogens with zero attached hydrogens (tertiary/aromatic N) is 1. The van der Waals surface area contributed by atoms with Crippen molar-refractivity contribution in [1.82, 2.24) is 5.32 Å². The van der Waals surface area contributed by atoms with Gasteiger partial charge in [-0.05, 0) is 43.3 Å². The summed E-state index contributed by atoms with van der Waals surface area (Å²) in [5.41, 5.74) is 2.57. The second kappa shape index (κ2) is 6.74. The van der Waals surface area contributed by atoms with E-state index in [0.717, 1.165) is 11.3 Å². The van der Waals surface area contributed by atoms with Crippen molar-refractivity contribution in [2.75, 3.05) is 18.6 Å². The first-order valence-corrected chi connectivity index (χ1v) is 7.89. The number of hydrogen-bond donors (Lipinski definition) is 1. The van der Waals surface area contributed by atoms with Crippen LogP contribution in [0.15, 0.2) is 48.5 Å². The van der Waals surface area contributed by atoms with Gasteiger partial charge in [0.1, 0.15) is 5.75 Å². The third-order valence-electron chi connectivity index (χ3n) is 4.16. The molecule has 5 heteroatoms. The van der Waals surface area contributed by atoms with Crippen LogP contribution in [0.5, 0.6) is 5.75 Å². The first kappa shape index (κ1) is 16.1. The lowest BCUT2D eigenvalue weighted by Gasteiger charge is -2.17. The summed E-state index contributed by atoms with van der Waals surface area (Å²) in [6.45, 7) is 2.50. The zero-order valence-corrected chi connectivity index (χ0v) is 13.8. The Morgan fingerprint density at radius 3 is 2.42 bits per heavy atom. The van der Waals surface area contributed by atoms with Crippen LogP contribution in [0, 0.1) is 6.92 Å². The van der Waals surface area contributed by atoms with Crippen molar-refractivity contribution in [3.8, 4) is 5.75 Å². The lowest BCUT2D eigenvalue weighted by Crippen LogP contribution is -2.37. The van der Waals surface area contributed by atoms with Crippen molar-refractivity contribution < 1.29 is 14.3 Å². The highest BCUT2D eigenvalue weighted by atomic mass is 16.5. The Bertz CT molecular complexity index is 738. The maximum atomic E-state index is 12.3. The fraction of sp³-hybridized carbons (Fsp3) is 0.263. The maximum absolute atomic E-state index is 12.3. The number of ether oxygens (including phenoxy) is 1. The minimum atomic E-state index is -0.187. The fourth-order valence-corrected chi connectivity index (χ4v) is 2.79. The molecule has 0 bridgehead atoms. The van der Waals surface area contributed by atoms with Crippen molar-refractivity contribution in [3.63, 3.8) is 0 Å². The highest BCUT2D eigenvalue weighted by molar-refractivity contribution is 5.99. The van der Waals surface area contributed by atoms with Crippen LogP contribution in [0.25, 0.3) is 0 Å². The van der Waals surface area contributed by atoms with Gasteiger partial charge in [0.15, 0.2) is 0 Å². The second-order valence-electron chi connectivity index (χ2n) is 5.94. The molecule has 5 nitrogen and oxygen atoms in total. The van der Waals surface area contributed by atoms with E-state index in [9.17, 15) is 9.59 Å².